The van der Waals surface area contributed by atoms with E-state index in [-0.39, 0.29) is 0 Å². The van der Waals surface area contributed by atoms with Gasteiger partial charge in [-0.25, -0.2) is 4.79 Å². The normalized spacial score (nSPS) is 11.8. The lowest BCUT2D eigenvalue weighted by molar-refractivity contribution is -0.131. The third kappa shape index (κ3) is 3.05. The fraction of sp³-hybridized carbons (Fsp3) is 0.100. The van der Waals surface area contributed by atoms with Crippen LogP contribution in [0.25, 0.3) is 5.57 Å². The Morgan fingerprint density at radius 1 is 1.29 bits per heavy atom. The highest BCUT2D eigenvalue weighted by Gasteiger charge is 2.11. The Morgan fingerprint density at radius 2 is 1.86 bits per heavy atom. The quantitative estimate of drug-likeness (QED) is 0.641. The first kappa shape index (κ1) is 11.1. The summed E-state index contributed by atoms with van der Waals surface area (Å²) in [4.78, 5) is 9.65. The average Bonchev–Trinajstić information content (AvgIpc) is 2.15. The van der Waals surface area contributed by atoms with Gasteiger partial charge in [-0.3, -0.25) is 0 Å². The number of benzene rings is 1. The van der Waals surface area contributed by atoms with E-state index < -0.39 is 10.8 Å². The van der Waals surface area contributed by atoms with E-state index in [2.05, 4.69) is 0 Å². The molecule has 0 aliphatic heterocycles. The van der Waals surface area contributed by atoms with Crippen LogP contribution in [0.2, 0.25) is 0 Å². The van der Waals surface area contributed by atoms with Gasteiger partial charge >= 0.3 is 5.97 Å². The molecule has 0 aliphatic rings. The third-order valence-electron chi connectivity index (χ3n) is 1.62. The van der Waals surface area contributed by atoms with Crippen LogP contribution in [0, 0.1) is 0 Å². The lowest BCUT2D eigenvalue weighted by Gasteiger charge is -2.06. The maximum Gasteiger partial charge on any atom is 0.328 e. The third-order valence-corrected chi connectivity index (χ3v) is 2.09. The molecule has 1 N–H and O–H groups in total. The van der Waals surface area contributed by atoms with Crippen LogP contribution >= 0.6 is 23.2 Å². The molecule has 0 heterocycles. The molecule has 0 radical (unpaired) electrons. The van der Waals surface area contributed by atoms with E-state index in [1.807, 2.05) is 6.07 Å². The van der Waals surface area contributed by atoms with Gasteiger partial charge in [0.25, 0.3) is 0 Å². The number of hydrogen-bond donors (Lipinski definition) is 1. The zero-order valence-electron chi connectivity index (χ0n) is 7.15. The van der Waals surface area contributed by atoms with Crippen LogP contribution < -0.4 is 0 Å². The van der Waals surface area contributed by atoms with Gasteiger partial charge in [0.1, 0.15) is 4.84 Å². The van der Waals surface area contributed by atoms with Crippen LogP contribution in [0.1, 0.15) is 5.56 Å². The van der Waals surface area contributed by atoms with Crippen LogP contribution in [0.15, 0.2) is 36.4 Å². The second-order valence-electron chi connectivity index (χ2n) is 2.60. The van der Waals surface area contributed by atoms with E-state index >= 15 is 0 Å². The molecule has 4 heteroatoms. The Bertz CT molecular complexity index is 344. The van der Waals surface area contributed by atoms with Gasteiger partial charge in [-0.1, -0.05) is 30.3 Å². The molecule has 0 saturated heterocycles. The average molecular weight is 231 g/mol. The molecule has 0 aliphatic carbocycles. The molecule has 0 fully saturated rings. The molecule has 0 amide bonds. The van der Waals surface area contributed by atoms with E-state index in [0.29, 0.717) is 11.1 Å². The summed E-state index contributed by atoms with van der Waals surface area (Å²) in [6.07, 6.45) is 1.01. The van der Waals surface area contributed by atoms with Crippen molar-refractivity contribution in [1.82, 2.24) is 0 Å². The van der Waals surface area contributed by atoms with Crippen LogP contribution in [0.3, 0.4) is 0 Å². The Kier molecular flexibility index (Phi) is 3.98. The van der Waals surface area contributed by atoms with Crippen LogP contribution in [0.4, 0.5) is 0 Å². The van der Waals surface area contributed by atoms with E-state index in [0.717, 1.165) is 6.08 Å². The Hall–Kier alpha value is -0.990. The van der Waals surface area contributed by atoms with Gasteiger partial charge in [0, 0.05) is 6.08 Å². The molecule has 74 valence electrons. The molecule has 1 aromatic rings. The Balaban J connectivity index is 3.08. The maximum absolute atomic E-state index is 10.5. The predicted molar refractivity (Wildman–Crippen MR) is 57.5 cm³/mol. The molecular weight excluding hydrogens is 223 g/mol. The first-order chi connectivity index (χ1) is 6.61. The van der Waals surface area contributed by atoms with Crippen LogP contribution in [-0.4, -0.2) is 15.9 Å². The first-order valence-electron chi connectivity index (χ1n) is 3.89. The van der Waals surface area contributed by atoms with Crippen molar-refractivity contribution in [3.05, 3.63) is 42.0 Å². The summed E-state index contributed by atoms with van der Waals surface area (Å²) < 4.78 is 0. The summed E-state index contributed by atoms with van der Waals surface area (Å²) in [5, 5.41) is 8.60. The van der Waals surface area contributed by atoms with Gasteiger partial charge in [0.15, 0.2) is 0 Å². The number of alkyl halides is 2. The summed E-state index contributed by atoms with van der Waals surface area (Å²) in [5.41, 5.74) is 1.10. The smallest absolute Gasteiger partial charge is 0.328 e. The highest BCUT2D eigenvalue weighted by Crippen LogP contribution is 2.24. The van der Waals surface area contributed by atoms with Gasteiger partial charge in [-0.05, 0) is 11.1 Å². The molecule has 1 rings (SSSR count). The number of allylic oxidation sites excluding steroid dienone is 1. The van der Waals surface area contributed by atoms with E-state index in [4.69, 9.17) is 28.3 Å². The Morgan fingerprint density at radius 3 is 2.29 bits per heavy atom. The number of carboxylic acids is 1. The summed E-state index contributed by atoms with van der Waals surface area (Å²) in [5.74, 6) is -1.06. The second-order valence-corrected chi connectivity index (χ2v) is 3.70. The van der Waals surface area contributed by atoms with Gasteiger partial charge in [0.05, 0.1) is 0 Å². The highest BCUT2D eigenvalue weighted by molar-refractivity contribution is 6.50. The summed E-state index contributed by atoms with van der Waals surface area (Å²) >= 11 is 11.3. The van der Waals surface area contributed by atoms with Crippen LogP contribution in [0.5, 0.6) is 0 Å². The zero-order valence-corrected chi connectivity index (χ0v) is 8.66. The van der Waals surface area contributed by atoms with Crippen molar-refractivity contribution in [2.45, 2.75) is 4.84 Å². The number of halogens is 2. The zero-order chi connectivity index (χ0) is 10.6. The van der Waals surface area contributed by atoms with Crippen LogP contribution in [-0.2, 0) is 4.79 Å². The van der Waals surface area contributed by atoms with E-state index in [9.17, 15) is 4.79 Å². The number of carbonyl (C=O) groups is 1. The minimum absolute atomic E-state index is 0.390. The van der Waals surface area contributed by atoms with Crippen molar-refractivity contribution < 1.29 is 9.90 Å². The number of carboxylic acid groups (broad SMARTS) is 1. The summed E-state index contributed by atoms with van der Waals surface area (Å²) in [7, 11) is 0. The highest BCUT2D eigenvalue weighted by atomic mass is 35.5. The molecule has 0 bridgehead atoms. The molecule has 0 atom stereocenters. The predicted octanol–water partition coefficient (Wildman–Crippen LogP) is 2.96. The Labute approximate surface area is 91.8 Å². The van der Waals surface area contributed by atoms with Crippen molar-refractivity contribution in [3.8, 4) is 0 Å². The lowest BCUT2D eigenvalue weighted by Crippen LogP contribution is -1.98. The molecule has 1 aromatic carbocycles. The van der Waals surface area contributed by atoms with Gasteiger partial charge < -0.3 is 5.11 Å². The fourth-order valence-electron chi connectivity index (χ4n) is 1.04. The lowest BCUT2D eigenvalue weighted by atomic mass is 10.1. The molecule has 0 aromatic heterocycles. The van der Waals surface area contributed by atoms with Crippen molar-refractivity contribution in [2.24, 2.45) is 0 Å². The fourth-order valence-corrected chi connectivity index (χ4v) is 1.41. The van der Waals surface area contributed by atoms with Gasteiger partial charge in [0.2, 0.25) is 0 Å². The minimum atomic E-state index is -1.06. The summed E-state index contributed by atoms with van der Waals surface area (Å²) in [6.45, 7) is 0. The van der Waals surface area contributed by atoms with Crippen molar-refractivity contribution in [2.75, 3.05) is 0 Å². The maximum atomic E-state index is 10.5. The SMILES string of the molecule is O=C(O)C=C(c1ccccc1)C(Cl)Cl. The number of rotatable bonds is 3. The van der Waals surface area contributed by atoms with E-state index in [1.54, 1.807) is 24.3 Å². The topological polar surface area (TPSA) is 37.3 Å². The van der Waals surface area contributed by atoms with Gasteiger partial charge in [-0.15, -0.1) is 23.2 Å². The summed E-state index contributed by atoms with van der Waals surface area (Å²) in [6, 6.07) is 8.93. The molecule has 2 nitrogen and oxygen atoms in total. The number of hydrogen-bond acceptors (Lipinski definition) is 1. The molecule has 0 saturated carbocycles. The van der Waals surface area contributed by atoms with Gasteiger partial charge in [-0.2, -0.15) is 0 Å². The van der Waals surface area contributed by atoms with Crippen molar-refractivity contribution in [3.63, 3.8) is 0 Å². The van der Waals surface area contributed by atoms with Crippen molar-refractivity contribution >= 4 is 34.7 Å². The van der Waals surface area contributed by atoms with E-state index in [1.165, 1.54) is 0 Å². The minimum Gasteiger partial charge on any atom is -0.478 e. The standard InChI is InChI=1S/C10H8Cl2O2/c11-10(12)8(6-9(13)14)7-4-2-1-3-5-7/h1-6,10H,(H,13,14). The van der Waals surface area contributed by atoms with Crippen molar-refractivity contribution in [1.29, 1.82) is 0 Å². The largest absolute Gasteiger partial charge is 0.478 e. The molecule has 0 spiro atoms. The first-order valence-corrected chi connectivity index (χ1v) is 4.76. The number of aliphatic carboxylic acids is 1. The molecule has 14 heavy (non-hydrogen) atoms. The molecule has 0 unspecified atom stereocenters. The molecular formula is C10H8Cl2O2. The second kappa shape index (κ2) is 5.03. The monoisotopic (exact) mass is 230 g/mol.